The fraction of sp³-hybridized carbons (Fsp3) is 0.600. The van der Waals surface area contributed by atoms with Crippen molar-refractivity contribution in [1.82, 2.24) is 4.98 Å². The molecule has 0 aromatic carbocycles. The molecule has 1 aromatic rings. The van der Waals surface area contributed by atoms with Crippen LogP contribution in [0.1, 0.15) is 30.5 Å². The van der Waals surface area contributed by atoms with Crippen molar-refractivity contribution in [3.63, 3.8) is 0 Å². The van der Waals surface area contributed by atoms with Crippen LogP contribution in [-0.2, 0) is 0 Å². The molecular weight excluding hydrogens is 236 g/mol. The van der Waals surface area contributed by atoms with E-state index in [1.54, 1.807) is 0 Å². The molecule has 1 aliphatic carbocycles. The van der Waals surface area contributed by atoms with Crippen LogP contribution in [0.25, 0.3) is 0 Å². The number of nitriles is 1. The second kappa shape index (κ2) is 4.82. The molecular formula is C15H20N4. The lowest BCUT2D eigenvalue weighted by molar-refractivity contribution is 0.260. The van der Waals surface area contributed by atoms with Gasteiger partial charge in [0.05, 0.1) is 11.6 Å². The Hall–Kier alpha value is -1.60. The molecule has 1 aliphatic heterocycles. The Bertz CT molecular complexity index is 519. The second-order valence-corrected chi connectivity index (χ2v) is 5.89. The number of hydrogen-bond donors (Lipinski definition) is 1. The highest BCUT2D eigenvalue weighted by molar-refractivity contribution is 5.47. The van der Waals surface area contributed by atoms with Crippen molar-refractivity contribution in [2.75, 3.05) is 18.0 Å². The van der Waals surface area contributed by atoms with Gasteiger partial charge in [-0.2, -0.15) is 5.26 Å². The third-order valence-electron chi connectivity index (χ3n) is 4.55. The minimum absolute atomic E-state index is 0.337. The van der Waals surface area contributed by atoms with E-state index in [4.69, 9.17) is 11.0 Å². The van der Waals surface area contributed by atoms with Gasteiger partial charge in [0.2, 0.25) is 0 Å². The molecule has 2 fully saturated rings. The van der Waals surface area contributed by atoms with Crippen molar-refractivity contribution in [3.8, 4) is 6.07 Å². The molecule has 1 aromatic heterocycles. The summed E-state index contributed by atoms with van der Waals surface area (Å²) < 4.78 is 0. The van der Waals surface area contributed by atoms with Crippen LogP contribution in [0, 0.1) is 30.1 Å². The van der Waals surface area contributed by atoms with Crippen LogP contribution in [0.5, 0.6) is 0 Å². The van der Waals surface area contributed by atoms with Crippen molar-refractivity contribution >= 4 is 5.82 Å². The molecule has 100 valence electrons. The molecule has 19 heavy (non-hydrogen) atoms. The lowest BCUT2D eigenvalue weighted by atomic mass is 9.78. The number of anilines is 1. The normalized spacial score (nSPS) is 29.9. The summed E-state index contributed by atoms with van der Waals surface area (Å²) in [4.78, 5) is 6.89. The fourth-order valence-corrected chi connectivity index (χ4v) is 3.58. The zero-order valence-electron chi connectivity index (χ0n) is 11.3. The van der Waals surface area contributed by atoms with Crippen molar-refractivity contribution in [3.05, 3.63) is 23.4 Å². The highest BCUT2D eigenvalue weighted by atomic mass is 15.2. The Morgan fingerprint density at radius 1 is 1.37 bits per heavy atom. The van der Waals surface area contributed by atoms with E-state index < -0.39 is 0 Å². The lowest BCUT2D eigenvalue weighted by Crippen LogP contribution is -2.38. The predicted molar refractivity (Wildman–Crippen MR) is 74.7 cm³/mol. The zero-order valence-corrected chi connectivity index (χ0v) is 11.3. The summed E-state index contributed by atoms with van der Waals surface area (Å²) in [5, 5.41) is 9.06. The van der Waals surface area contributed by atoms with Gasteiger partial charge >= 0.3 is 0 Å². The van der Waals surface area contributed by atoms with E-state index in [9.17, 15) is 0 Å². The minimum atomic E-state index is 0.337. The van der Waals surface area contributed by atoms with Crippen molar-refractivity contribution in [1.29, 1.82) is 5.26 Å². The van der Waals surface area contributed by atoms with Gasteiger partial charge in [-0.05, 0) is 43.7 Å². The molecule has 1 saturated carbocycles. The quantitative estimate of drug-likeness (QED) is 0.832. The van der Waals surface area contributed by atoms with E-state index in [0.717, 1.165) is 31.0 Å². The average Bonchev–Trinajstić information content (AvgIpc) is 2.83. The first-order valence-corrected chi connectivity index (χ1v) is 7.06. The lowest BCUT2D eigenvalue weighted by Gasteiger charge is -2.29. The number of hydrogen-bond acceptors (Lipinski definition) is 4. The maximum atomic E-state index is 9.06. The smallest absolute Gasteiger partial charge is 0.130 e. The first-order valence-electron chi connectivity index (χ1n) is 7.06. The van der Waals surface area contributed by atoms with Crippen LogP contribution in [-0.4, -0.2) is 24.1 Å². The molecule has 0 amide bonds. The summed E-state index contributed by atoms with van der Waals surface area (Å²) in [6.07, 6.45) is 3.69. The van der Waals surface area contributed by atoms with E-state index in [2.05, 4.69) is 16.0 Å². The second-order valence-electron chi connectivity index (χ2n) is 5.89. The Labute approximate surface area is 114 Å². The fourth-order valence-electron chi connectivity index (χ4n) is 3.58. The summed E-state index contributed by atoms with van der Waals surface area (Å²) in [6.45, 7) is 3.98. The number of aromatic nitrogens is 1. The van der Waals surface area contributed by atoms with E-state index >= 15 is 0 Å². The SMILES string of the molecule is Cc1cc(C#N)cc(N2CC3CCCC(N)C3C2)n1. The Kier molecular flexibility index (Phi) is 3.16. The number of rotatable bonds is 1. The molecule has 3 rings (SSSR count). The van der Waals surface area contributed by atoms with E-state index in [-0.39, 0.29) is 0 Å². The van der Waals surface area contributed by atoms with Gasteiger partial charge in [-0.1, -0.05) is 6.42 Å². The van der Waals surface area contributed by atoms with Crippen molar-refractivity contribution in [2.45, 2.75) is 32.2 Å². The molecule has 2 heterocycles. The first-order chi connectivity index (χ1) is 9.17. The Morgan fingerprint density at radius 2 is 2.21 bits per heavy atom. The standard InChI is InChI=1S/C15H20N4/c1-10-5-11(7-16)6-15(18-10)19-8-12-3-2-4-14(17)13(12)9-19/h5-6,12-14H,2-4,8-9,17H2,1H3. The Balaban J connectivity index is 1.84. The molecule has 0 spiro atoms. The summed E-state index contributed by atoms with van der Waals surface area (Å²) in [5.41, 5.74) is 7.85. The maximum Gasteiger partial charge on any atom is 0.130 e. The molecule has 4 heteroatoms. The molecule has 2 N–H and O–H groups in total. The monoisotopic (exact) mass is 256 g/mol. The van der Waals surface area contributed by atoms with E-state index in [0.29, 0.717) is 23.4 Å². The molecule has 0 radical (unpaired) electrons. The highest BCUT2D eigenvalue weighted by Crippen LogP contribution is 2.37. The van der Waals surface area contributed by atoms with Gasteiger partial charge in [-0.3, -0.25) is 0 Å². The number of aryl methyl sites for hydroxylation is 1. The van der Waals surface area contributed by atoms with E-state index in [1.807, 2.05) is 19.1 Å². The third-order valence-corrected chi connectivity index (χ3v) is 4.55. The molecule has 1 saturated heterocycles. The molecule has 2 aliphatic rings. The third kappa shape index (κ3) is 2.31. The van der Waals surface area contributed by atoms with Crippen LogP contribution in [0.3, 0.4) is 0 Å². The van der Waals surface area contributed by atoms with Crippen LogP contribution in [0.4, 0.5) is 5.82 Å². The van der Waals surface area contributed by atoms with Crippen LogP contribution in [0.15, 0.2) is 12.1 Å². The van der Waals surface area contributed by atoms with Gasteiger partial charge in [0.25, 0.3) is 0 Å². The van der Waals surface area contributed by atoms with Crippen LogP contribution >= 0.6 is 0 Å². The largest absolute Gasteiger partial charge is 0.356 e. The molecule has 4 nitrogen and oxygen atoms in total. The zero-order chi connectivity index (χ0) is 13.4. The summed E-state index contributed by atoms with van der Waals surface area (Å²) in [6, 6.07) is 6.28. The number of fused-ring (bicyclic) bond motifs is 1. The number of nitrogens with two attached hydrogens (primary N) is 1. The molecule has 3 atom stereocenters. The minimum Gasteiger partial charge on any atom is -0.356 e. The van der Waals surface area contributed by atoms with Gasteiger partial charge in [0.15, 0.2) is 0 Å². The highest BCUT2D eigenvalue weighted by Gasteiger charge is 2.39. The first kappa shape index (κ1) is 12.4. The average molecular weight is 256 g/mol. The van der Waals surface area contributed by atoms with Crippen molar-refractivity contribution < 1.29 is 0 Å². The summed E-state index contributed by atoms with van der Waals surface area (Å²) in [7, 11) is 0. The molecule has 0 bridgehead atoms. The van der Waals surface area contributed by atoms with Gasteiger partial charge in [0, 0.05) is 24.8 Å². The summed E-state index contributed by atoms with van der Waals surface area (Å²) >= 11 is 0. The number of pyridine rings is 1. The Morgan fingerprint density at radius 3 is 2.95 bits per heavy atom. The van der Waals surface area contributed by atoms with Gasteiger partial charge in [-0.15, -0.1) is 0 Å². The molecule has 3 unspecified atom stereocenters. The van der Waals surface area contributed by atoms with Gasteiger partial charge in [0.1, 0.15) is 5.82 Å². The maximum absolute atomic E-state index is 9.06. The van der Waals surface area contributed by atoms with Gasteiger partial charge in [-0.25, -0.2) is 4.98 Å². The van der Waals surface area contributed by atoms with Crippen molar-refractivity contribution in [2.24, 2.45) is 17.6 Å². The van der Waals surface area contributed by atoms with Gasteiger partial charge < -0.3 is 10.6 Å². The number of nitrogens with zero attached hydrogens (tertiary/aromatic N) is 3. The van der Waals surface area contributed by atoms with Crippen LogP contribution in [0.2, 0.25) is 0 Å². The van der Waals surface area contributed by atoms with Crippen LogP contribution < -0.4 is 10.6 Å². The topological polar surface area (TPSA) is 65.9 Å². The predicted octanol–water partition coefficient (Wildman–Crippen LogP) is 1.83. The van der Waals surface area contributed by atoms with E-state index in [1.165, 1.54) is 12.8 Å². The summed E-state index contributed by atoms with van der Waals surface area (Å²) in [5.74, 6) is 2.25.